The molecule has 0 aromatic carbocycles. The maximum atomic E-state index is 5.62. The van der Waals surface area contributed by atoms with Crippen molar-refractivity contribution in [2.75, 3.05) is 13.2 Å². The fraction of sp³-hybridized carbons (Fsp3) is 1.00. The van der Waals surface area contributed by atoms with E-state index in [4.69, 9.17) is 10.5 Å². The Bertz CT molecular complexity index is 122. The van der Waals surface area contributed by atoms with E-state index >= 15 is 0 Å². The lowest BCUT2D eigenvalue weighted by molar-refractivity contribution is 0.115. The second-order valence-corrected chi connectivity index (χ2v) is 5.37. The number of unbranched alkanes of at least 4 members (excludes halogenated alkanes) is 5. The third-order valence-corrected chi connectivity index (χ3v) is 3.41. The van der Waals surface area contributed by atoms with E-state index in [-0.39, 0.29) is 0 Å². The summed E-state index contributed by atoms with van der Waals surface area (Å²) in [5, 5.41) is 0. The van der Waals surface area contributed by atoms with Crippen LogP contribution < -0.4 is 5.73 Å². The molecule has 0 saturated heterocycles. The Morgan fingerprint density at radius 3 is 2.40 bits per heavy atom. The van der Waals surface area contributed by atoms with Crippen LogP contribution in [-0.2, 0) is 4.74 Å². The van der Waals surface area contributed by atoms with Gasteiger partial charge < -0.3 is 10.5 Å². The first-order valence-electron chi connectivity index (χ1n) is 6.27. The third kappa shape index (κ3) is 12.6. The number of hydrogen-bond acceptors (Lipinski definition) is 2. The van der Waals surface area contributed by atoms with Crippen molar-refractivity contribution < 1.29 is 4.74 Å². The molecule has 1 unspecified atom stereocenters. The molecule has 2 N–H and O–H groups in total. The first kappa shape index (κ1) is 15.7. The molecule has 0 aliphatic rings. The van der Waals surface area contributed by atoms with Gasteiger partial charge >= 0.3 is 0 Å². The number of halogens is 1. The number of hydrogen-bond donors (Lipinski definition) is 1. The van der Waals surface area contributed by atoms with Crippen LogP contribution >= 0.6 is 22.6 Å². The molecule has 0 heterocycles. The molecule has 0 bridgehead atoms. The van der Waals surface area contributed by atoms with E-state index in [1.165, 1.54) is 44.9 Å². The van der Waals surface area contributed by atoms with Crippen molar-refractivity contribution in [2.24, 2.45) is 5.73 Å². The monoisotopic (exact) mass is 327 g/mol. The predicted octanol–water partition coefficient (Wildman–Crippen LogP) is 3.86. The van der Waals surface area contributed by atoms with Crippen molar-refractivity contribution >= 4 is 22.6 Å². The minimum Gasteiger partial charge on any atom is -0.368 e. The van der Waals surface area contributed by atoms with Crippen molar-refractivity contribution in [3.8, 4) is 0 Å². The van der Waals surface area contributed by atoms with Gasteiger partial charge in [0.15, 0.2) is 0 Å². The Kier molecular flexibility index (Phi) is 13.3. The van der Waals surface area contributed by atoms with Gasteiger partial charge in [0, 0.05) is 6.61 Å². The summed E-state index contributed by atoms with van der Waals surface area (Å²) in [6, 6.07) is 0. The molecular weight excluding hydrogens is 301 g/mol. The van der Waals surface area contributed by atoms with Gasteiger partial charge in [-0.3, -0.25) is 0 Å². The minimum absolute atomic E-state index is 0.389. The Morgan fingerprint density at radius 2 is 1.73 bits per heavy atom. The second-order valence-electron chi connectivity index (χ2n) is 3.98. The van der Waals surface area contributed by atoms with Crippen LogP contribution in [0.2, 0.25) is 0 Å². The van der Waals surface area contributed by atoms with Gasteiger partial charge in [0.25, 0.3) is 0 Å². The molecule has 0 aliphatic carbocycles. The lowest BCUT2D eigenvalue weighted by Gasteiger charge is -2.10. The van der Waals surface area contributed by atoms with Gasteiger partial charge in [-0.1, -0.05) is 68.0 Å². The molecule has 0 aromatic heterocycles. The zero-order valence-electron chi connectivity index (χ0n) is 10.0. The molecular formula is C12H26INO. The normalized spacial score (nSPS) is 13.0. The van der Waals surface area contributed by atoms with Crippen LogP contribution in [0.5, 0.6) is 0 Å². The zero-order chi connectivity index (χ0) is 11.4. The zero-order valence-corrected chi connectivity index (χ0v) is 12.2. The van der Waals surface area contributed by atoms with Crippen molar-refractivity contribution in [3.63, 3.8) is 0 Å². The van der Waals surface area contributed by atoms with Gasteiger partial charge in [-0.15, -0.1) is 0 Å². The van der Waals surface area contributed by atoms with Crippen LogP contribution in [0.15, 0.2) is 0 Å². The summed E-state index contributed by atoms with van der Waals surface area (Å²) in [6.45, 7) is 3.81. The molecule has 0 aliphatic heterocycles. The van der Waals surface area contributed by atoms with Gasteiger partial charge in [0.05, 0.1) is 0 Å². The summed E-state index contributed by atoms with van der Waals surface area (Å²) in [7, 11) is 0. The predicted molar refractivity (Wildman–Crippen MR) is 75.4 cm³/mol. The van der Waals surface area contributed by atoms with E-state index in [9.17, 15) is 0 Å². The smallest absolute Gasteiger partial charge is 0.108 e. The van der Waals surface area contributed by atoms with Crippen molar-refractivity contribution in [1.29, 1.82) is 0 Å². The maximum Gasteiger partial charge on any atom is 0.108 e. The number of nitrogens with two attached hydrogens (primary N) is 1. The van der Waals surface area contributed by atoms with Crippen LogP contribution in [0.1, 0.15) is 58.3 Å². The Hall–Kier alpha value is 0.650. The highest BCUT2D eigenvalue weighted by Gasteiger charge is 2.02. The number of alkyl halides is 1. The molecule has 1 atom stereocenters. The lowest BCUT2D eigenvalue weighted by Crippen LogP contribution is -2.09. The summed E-state index contributed by atoms with van der Waals surface area (Å²) in [5.74, 6) is 0. The molecule has 15 heavy (non-hydrogen) atoms. The highest BCUT2D eigenvalue weighted by molar-refractivity contribution is 14.1. The Labute approximate surface area is 108 Å². The first-order chi connectivity index (χ1) is 7.31. The molecule has 0 saturated carbocycles. The maximum absolute atomic E-state index is 5.62. The third-order valence-electron chi connectivity index (χ3n) is 2.43. The topological polar surface area (TPSA) is 35.2 Å². The first-order valence-corrected chi connectivity index (χ1v) is 7.51. The number of rotatable bonds is 11. The molecule has 0 spiro atoms. The highest BCUT2D eigenvalue weighted by atomic mass is 127. The van der Waals surface area contributed by atoms with E-state index in [0.717, 1.165) is 19.6 Å². The summed E-state index contributed by atoms with van der Waals surface area (Å²) in [6.07, 6.45) is 10.3. The van der Waals surface area contributed by atoms with Gasteiger partial charge in [0.1, 0.15) is 4.11 Å². The van der Waals surface area contributed by atoms with Crippen LogP contribution in [-0.4, -0.2) is 17.3 Å². The highest BCUT2D eigenvalue weighted by Crippen LogP contribution is 2.14. The molecule has 0 fully saturated rings. The summed E-state index contributed by atoms with van der Waals surface area (Å²) in [5.41, 5.74) is 5.40. The largest absolute Gasteiger partial charge is 0.368 e. The Balaban J connectivity index is 3.06. The minimum atomic E-state index is 0.389. The lowest BCUT2D eigenvalue weighted by atomic mass is 10.1. The van der Waals surface area contributed by atoms with Crippen LogP contribution in [0.25, 0.3) is 0 Å². The van der Waals surface area contributed by atoms with Gasteiger partial charge in [-0.2, -0.15) is 0 Å². The van der Waals surface area contributed by atoms with Crippen LogP contribution in [0.3, 0.4) is 0 Å². The summed E-state index contributed by atoms with van der Waals surface area (Å²) >= 11 is 2.39. The number of ether oxygens (including phenoxy) is 1. The van der Waals surface area contributed by atoms with Gasteiger partial charge in [-0.25, -0.2) is 0 Å². The summed E-state index contributed by atoms with van der Waals surface area (Å²) < 4.78 is 6.01. The fourth-order valence-electron chi connectivity index (χ4n) is 1.46. The molecule has 0 amide bonds. The standard InChI is InChI=1S/C12H26INO/c1-2-3-4-5-6-7-9-12(13)15-11-8-10-14/h12H,2-11,14H2,1H3. The molecule has 0 radical (unpaired) electrons. The summed E-state index contributed by atoms with van der Waals surface area (Å²) in [4.78, 5) is 0. The van der Waals surface area contributed by atoms with E-state index < -0.39 is 0 Å². The van der Waals surface area contributed by atoms with Crippen molar-refractivity contribution in [2.45, 2.75) is 62.4 Å². The van der Waals surface area contributed by atoms with Gasteiger partial charge in [-0.05, 0) is 19.4 Å². The average Bonchev–Trinajstić information content (AvgIpc) is 2.23. The average molecular weight is 327 g/mol. The van der Waals surface area contributed by atoms with E-state index in [0.29, 0.717) is 4.11 Å². The second kappa shape index (κ2) is 12.7. The fourth-order valence-corrected chi connectivity index (χ4v) is 2.16. The quantitative estimate of drug-likeness (QED) is 0.355. The Morgan fingerprint density at radius 1 is 1.07 bits per heavy atom. The molecule has 0 rings (SSSR count). The van der Waals surface area contributed by atoms with Crippen molar-refractivity contribution in [1.82, 2.24) is 0 Å². The molecule has 3 heteroatoms. The van der Waals surface area contributed by atoms with E-state index in [2.05, 4.69) is 29.5 Å². The molecule has 0 aromatic rings. The van der Waals surface area contributed by atoms with Gasteiger partial charge in [0.2, 0.25) is 0 Å². The molecule has 92 valence electrons. The molecule has 2 nitrogen and oxygen atoms in total. The van der Waals surface area contributed by atoms with Crippen LogP contribution in [0.4, 0.5) is 0 Å². The van der Waals surface area contributed by atoms with E-state index in [1.54, 1.807) is 0 Å². The van der Waals surface area contributed by atoms with Crippen LogP contribution in [0, 0.1) is 0 Å². The SMILES string of the molecule is CCCCCCCCC(I)OCCCN. The van der Waals surface area contributed by atoms with Crippen molar-refractivity contribution in [3.05, 3.63) is 0 Å². The van der Waals surface area contributed by atoms with E-state index in [1.807, 2.05) is 0 Å².